The van der Waals surface area contributed by atoms with E-state index in [1.54, 1.807) is 12.1 Å². The van der Waals surface area contributed by atoms with Crippen molar-refractivity contribution in [3.63, 3.8) is 0 Å². The highest BCUT2D eigenvalue weighted by Crippen LogP contribution is 2.17. The van der Waals surface area contributed by atoms with E-state index in [1.165, 1.54) is 12.1 Å². The predicted molar refractivity (Wildman–Crippen MR) is 76.4 cm³/mol. The van der Waals surface area contributed by atoms with Crippen LogP contribution in [0.4, 0.5) is 4.39 Å². The zero-order chi connectivity index (χ0) is 14.4. The van der Waals surface area contributed by atoms with E-state index in [0.717, 1.165) is 45.7 Å². The minimum absolute atomic E-state index is 0.0106. The Hall–Kier alpha value is -1.26. The molecule has 0 bridgehead atoms. The molecule has 1 atom stereocenters. The van der Waals surface area contributed by atoms with Crippen molar-refractivity contribution in [2.75, 3.05) is 32.8 Å². The monoisotopic (exact) mass is 279 g/mol. The van der Waals surface area contributed by atoms with Crippen LogP contribution < -0.4 is 0 Å². The summed E-state index contributed by atoms with van der Waals surface area (Å²) in [6.45, 7) is 6.11. The largest absolute Gasteiger partial charge is 0.379 e. The zero-order valence-corrected chi connectivity index (χ0v) is 12.0. The Bertz CT molecular complexity index is 427. The normalized spacial score (nSPS) is 17.9. The molecule has 1 aliphatic rings. The van der Waals surface area contributed by atoms with Crippen LogP contribution in [-0.2, 0) is 4.74 Å². The third-order valence-corrected chi connectivity index (χ3v) is 3.72. The fourth-order valence-corrected chi connectivity index (χ4v) is 2.60. The van der Waals surface area contributed by atoms with E-state index >= 15 is 0 Å². The van der Waals surface area contributed by atoms with E-state index in [-0.39, 0.29) is 17.5 Å². The number of ketones is 1. The van der Waals surface area contributed by atoms with Gasteiger partial charge in [0, 0.05) is 31.1 Å². The first kappa shape index (κ1) is 15.1. The van der Waals surface area contributed by atoms with Gasteiger partial charge in [-0.05, 0) is 30.7 Å². The summed E-state index contributed by atoms with van der Waals surface area (Å²) >= 11 is 0. The van der Waals surface area contributed by atoms with Gasteiger partial charge in [0.1, 0.15) is 5.82 Å². The standard InChI is InChI=1S/C16H22FNO2/c1-2-3-14(12-18-8-10-20-11-9-18)16(19)13-4-6-15(17)7-5-13/h4-7,14H,2-3,8-12H2,1H3. The van der Waals surface area contributed by atoms with E-state index in [0.29, 0.717) is 5.56 Å². The van der Waals surface area contributed by atoms with Crippen molar-refractivity contribution < 1.29 is 13.9 Å². The molecule has 0 saturated carbocycles. The topological polar surface area (TPSA) is 29.5 Å². The van der Waals surface area contributed by atoms with Crippen molar-refractivity contribution >= 4 is 5.78 Å². The second kappa shape index (κ2) is 7.50. The number of carbonyl (C=O) groups is 1. The minimum atomic E-state index is -0.304. The molecule has 20 heavy (non-hydrogen) atoms. The lowest BCUT2D eigenvalue weighted by atomic mass is 9.93. The molecule has 1 aliphatic heterocycles. The lowest BCUT2D eigenvalue weighted by Crippen LogP contribution is -2.41. The van der Waals surface area contributed by atoms with E-state index < -0.39 is 0 Å². The van der Waals surface area contributed by atoms with Crippen LogP contribution >= 0.6 is 0 Å². The van der Waals surface area contributed by atoms with E-state index in [9.17, 15) is 9.18 Å². The Balaban J connectivity index is 2.02. The summed E-state index contributed by atoms with van der Waals surface area (Å²) in [7, 11) is 0. The minimum Gasteiger partial charge on any atom is -0.379 e. The van der Waals surface area contributed by atoms with Gasteiger partial charge < -0.3 is 4.74 Å². The van der Waals surface area contributed by atoms with Crippen LogP contribution in [0.1, 0.15) is 30.1 Å². The van der Waals surface area contributed by atoms with Crippen LogP contribution in [0.2, 0.25) is 0 Å². The van der Waals surface area contributed by atoms with Crippen LogP contribution in [0.3, 0.4) is 0 Å². The number of morpholine rings is 1. The van der Waals surface area contributed by atoms with Crippen molar-refractivity contribution in [2.24, 2.45) is 5.92 Å². The third kappa shape index (κ3) is 4.12. The van der Waals surface area contributed by atoms with Crippen LogP contribution in [-0.4, -0.2) is 43.5 Å². The molecule has 0 N–H and O–H groups in total. The fourth-order valence-electron chi connectivity index (χ4n) is 2.60. The average Bonchev–Trinajstić information content (AvgIpc) is 2.48. The molecule has 3 nitrogen and oxygen atoms in total. The number of ether oxygens (including phenoxy) is 1. The summed E-state index contributed by atoms with van der Waals surface area (Å²) in [5.74, 6) is -0.191. The number of rotatable bonds is 6. The third-order valence-electron chi connectivity index (χ3n) is 3.72. The van der Waals surface area contributed by atoms with Gasteiger partial charge in [-0.25, -0.2) is 4.39 Å². The van der Waals surface area contributed by atoms with E-state index in [4.69, 9.17) is 4.74 Å². The van der Waals surface area contributed by atoms with Gasteiger partial charge in [0.25, 0.3) is 0 Å². The summed E-state index contributed by atoms with van der Waals surface area (Å²) in [6, 6.07) is 5.87. The van der Waals surface area contributed by atoms with Crippen LogP contribution in [0.5, 0.6) is 0 Å². The molecule has 0 aliphatic carbocycles. The maximum Gasteiger partial charge on any atom is 0.167 e. The molecule has 1 heterocycles. The molecule has 1 aromatic rings. The number of halogens is 1. The Morgan fingerprint density at radius 1 is 1.30 bits per heavy atom. The lowest BCUT2D eigenvalue weighted by Gasteiger charge is -2.29. The van der Waals surface area contributed by atoms with Crippen molar-refractivity contribution in [3.8, 4) is 0 Å². The molecular weight excluding hydrogens is 257 g/mol. The van der Waals surface area contributed by atoms with Gasteiger partial charge in [0.15, 0.2) is 5.78 Å². The summed E-state index contributed by atoms with van der Waals surface area (Å²) in [5, 5.41) is 0. The highest BCUT2D eigenvalue weighted by atomic mass is 19.1. The maximum atomic E-state index is 12.9. The van der Waals surface area contributed by atoms with Crippen molar-refractivity contribution in [1.29, 1.82) is 0 Å². The van der Waals surface area contributed by atoms with Gasteiger partial charge in [-0.15, -0.1) is 0 Å². The summed E-state index contributed by atoms with van der Waals surface area (Å²) in [6.07, 6.45) is 1.84. The molecule has 4 heteroatoms. The average molecular weight is 279 g/mol. The van der Waals surface area contributed by atoms with Gasteiger partial charge in [-0.1, -0.05) is 13.3 Å². The molecule has 1 saturated heterocycles. The van der Waals surface area contributed by atoms with E-state index in [1.807, 2.05) is 0 Å². The highest BCUT2D eigenvalue weighted by Gasteiger charge is 2.23. The Morgan fingerprint density at radius 3 is 2.55 bits per heavy atom. The molecule has 0 spiro atoms. The number of benzene rings is 1. The fraction of sp³-hybridized carbons (Fsp3) is 0.562. The predicted octanol–water partition coefficient (Wildman–Crippen LogP) is 2.76. The van der Waals surface area contributed by atoms with Crippen molar-refractivity contribution in [1.82, 2.24) is 4.90 Å². The van der Waals surface area contributed by atoms with E-state index in [2.05, 4.69) is 11.8 Å². The summed E-state index contributed by atoms with van der Waals surface area (Å²) in [5.41, 5.74) is 0.609. The molecule has 2 rings (SSSR count). The van der Waals surface area contributed by atoms with Crippen molar-refractivity contribution in [2.45, 2.75) is 19.8 Å². The van der Waals surface area contributed by atoms with Crippen molar-refractivity contribution in [3.05, 3.63) is 35.6 Å². The van der Waals surface area contributed by atoms with Gasteiger partial charge in [0.2, 0.25) is 0 Å². The molecule has 0 aromatic heterocycles. The van der Waals surface area contributed by atoms with Gasteiger partial charge >= 0.3 is 0 Å². The molecular formula is C16H22FNO2. The second-order valence-corrected chi connectivity index (χ2v) is 5.27. The first-order valence-electron chi connectivity index (χ1n) is 7.30. The summed E-state index contributed by atoms with van der Waals surface area (Å²) < 4.78 is 18.3. The number of hydrogen-bond acceptors (Lipinski definition) is 3. The van der Waals surface area contributed by atoms with Gasteiger partial charge in [0.05, 0.1) is 13.2 Å². The van der Waals surface area contributed by atoms with Crippen LogP contribution in [0.25, 0.3) is 0 Å². The Kier molecular flexibility index (Phi) is 5.68. The number of hydrogen-bond donors (Lipinski definition) is 0. The van der Waals surface area contributed by atoms with Crippen LogP contribution in [0.15, 0.2) is 24.3 Å². The highest BCUT2D eigenvalue weighted by molar-refractivity contribution is 5.97. The molecule has 0 radical (unpaired) electrons. The molecule has 1 fully saturated rings. The number of carbonyl (C=O) groups excluding carboxylic acids is 1. The zero-order valence-electron chi connectivity index (χ0n) is 12.0. The maximum absolute atomic E-state index is 12.9. The molecule has 0 amide bonds. The van der Waals surface area contributed by atoms with Gasteiger partial charge in [-0.3, -0.25) is 9.69 Å². The first-order valence-corrected chi connectivity index (χ1v) is 7.30. The van der Waals surface area contributed by atoms with Gasteiger partial charge in [-0.2, -0.15) is 0 Å². The molecule has 1 aromatic carbocycles. The Labute approximate surface area is 119 Å². The quantitative estimate of drug-likeness (QED) is 0.750. The molecule has 110 valence electrons. The smallest absolute Gasteiger partial charge is 0.167 e. The first-order chi connectivity index (χ1) is 9.70. The number of nitrogens with zero attached hydrogens (tertiary/aromatic N) is 1. The molecule has 1 unspecified atom stereocenters. The SMILES string of the molecule is CCCC(CN1CCOCC1)C(=O)c1ccc(F)cc1. The van der Waals surface area contributed by atoms with Crippen LogP contribution in [0, 0.1) is 11.7 Å². The summed E-state index contributed by atoms with van der Waals surface area (Å²) in [4.78, 5) is 14.8. The lowest BCUT2D eigenvalue weighted by molar-refractivity contribution is 0.0295. The number of Topliss-reactive ketones (excluding diaryl/α,β-unsaturated/α-hetero) is 1. The second-order valence-electron chi connectivity index (χ2n) is 5.27. The Morgan fingerprint density at radius 2 is 1.95 bits per heavy atom.